The van der Waals surface area contributed by atoms with E-state index in [1.165, 1.54) is 12.1 Å². The molecule has 0 aliphatic rings. The molecule has 0 unspecified atom stereocenters. The highest BCUT2D eigenvalue weighted by atomic mass is 79.9. The number of hydrogen-bond acceptors (Lipinski definition) is 3. The molecule has 20 heavy (non-hydrogen) atoms. The van der Waals surface area contributed by atoms with Crippen LogP contribution in [0.4, 0.5) is 10.1 Å². The van der Waals surface area contributed by atoms with Gasteiger partial charge in [-0.25, -0.2) is 4.39 Å². The van der Waals surface area contributed by atoms with Gasteiger partial charge in [-0.1, -0.05) is 15.9 Å². The largest absolute Gasteiger partial charge is 0.396 e. The molecular weight excluding hydrogens is 327 g/mol. The van der Waals surface area contributed by atoms with Crippen LogP contribution in [0.1, 0.15) is 20.3 Å². The first-order valence-corrected chi connectivity index (χ1v) is 7.33. The van der Waals surface area contributed by atoms with Crippen molar-refractivity contribution in [3.8, 4) is 0 Å². The molecule has 0 radical (unpaired) electrons. The fraction of sp³-hybridized carbons (Fsp3) is 0.500. The summed E-state index contributed by atoms with van der Waals surface area (Å²) < 4.78 is 14.2. The van der Waals surface area contributed by atoms with Gasteiger partial charge in [0.15, 0.2) is 0 Å². The molecule has 6 heteroatoms. The standard InChI is InChI=1S/C14H20BrFN2O2/c1-10(2)18(6-3-7-19)9-14(20)17-13-5-4-11(15)8-12(13)16/h4-5,8,10,19H,3,6-7,9H2,1-2H3,(H,17,20). The number of carbonyl (C=O) groups excluding carboxylic acids is 1. The highest BCUT2D eigenvalue weighted by molar-refractivity contribution is 9.10. The number of amides is 1. The van der Waals surface area contributed by atoms with Crippen LogP contribution in [0.2, 0.25) is 0 Å². The van der Waals surface area contributed by atoms with Crippen molar-refractivity contribution >= 4 is 27.5 Å². The molecule has 1 amide bonds. The molecule has 1 aromatic carbocycles. The van der Waals surface area contributed by atoms with Gasteiger partial charge < -0.3 is 10.4 Å². The first-order valence-electron chi connectivity index (χ1n) is 6.54. The van der Waals surface area contributed by atoms with Crippen LogP contribution in [0.25, 0.3) is 0 Å². The van der Waals surface area contributed by atoms with Gasteiger partial charge in [-0.2, -0.15) is 0 Å². The summed E-state index contributed by atoms with van der Waals surface area (Å²) in [7, 11) is 0. The van der Waals surface area contributed by atoms with Crippen LogP contribution in [0.5, 0.6) is 0 Å². The van der Waals surface area contributed by atoms with Crippen molar-refractivity contribution in [2.24, 2.45) is 0 Å². The summed E-state index contributed by atoms with van der Waals surface area (Å²) in [5.74, 6) is -0.739. The second-order valence-corrected chi connectivity index (χ2v) is 5.73. The Morgan fingerprint density at radius 3 is 2.75 bits per heavy atom. The minimum Gasteiger partial charge on any atom is -0.396 e. The predicted octanol–water partition coefficient (Wildman–Crippen LogP) is 2.62. The number of anilines is 1. The number of benzene rings is 1. The van der Waals surface area contributed by atoms with E-state index in [0.29, 0.717) is 17.4 Å². The summed E-state index contributed by atoms with van der Waals surface area (Å²) in [6.45, 7) is 4.85. The van der Waals surface area contributed by atoms with E-state index in [-0.39, 0.29) is 30.8 Å². The molecule has 0 aromatic heterocycles. The smallest absolute Gasteiger partial charge is 0.238 e. The van der Waals surface area contributed by atoms with Gasteiger partial charge in [-0.15, -0.1) is 0 Å². The number of rotatable bonds is 7. The van der Waals surface area contributed by atoms with Gasteiger partial charge >= 0.3 is 0 Å². The van der Waals surface area contributed by atoms with E-state index >= 15 is 0 Å². The first-order chi connectivity index (χ1) is 9.43. The van der Waals surface area contributed by atoms with E-state index in [1.807, 2.05) is 18.7 Å². The highest BCUT2D eigenvalue weighted by Gasteiger charge is 2.15. The summed E-state index contributed by atoms with van der Waals surface area (Å²) in [6.07, 6.45) is 0.609. The number of aliphatic hydroxyl groups excluding tert-OH is 1. The van der Waals surface area contributed by atoms with Gasteiger partial charge in [0.2, 0.25) is 5.91 Å². The van der Waals surface area contributed by atoms with Gasteiger partial charge in [0.05, 0.1) is 12.2 Å². The predicted molar refractivity (Wildman–Crippen MR) is 81.1 cm³/mol. The number of nitrogens with one attached hydrogen (secondary N) is 1. The van der Waals surface area contributed by atoms with Crippen molar-refractivity contribution in [1.82, 2.24) is 4.90 Å². The quantitative estimate of drug-likeness (QED) is 0.797. The Hall–Kier alpha value is -0.980. The van der Waals surface area contributed by atoms with Crippen LogP contribution in [-0.2, 0) is 4.79 Å². The van der Waals surface area contributed by atoms with Crippen LogP contribution in [-0.4, -0.2) is 41.7 Å². The van der Waals surface area contributed by atoms with Crippen LogP contribution < -0.4 is 5.32 Å². The average molecular weight is 347 g/mol. The number of hydrogen-bond donors (Lipinski definition) is 2. The zero-order valence-electron chi connectivity index (χ0n) is 11.7. The molecule has 0 bridgehead atoms. The van der Waals surface area contributed by atoms with E-state index in [9.17, 15) is 9.18 Å². The lowest BCUT2D eigenvalue weighted by molar-refractivity contribution is -0.117. The number of carbonyl (C=O) groups is 1. The topological polar surface area (TPSA) is 52.6 Å². The van der Waals surface area contributed by atoms with E-state index in [4.69, 9.17) is 5.11 Å². The molecule has 0 heterocycles. The SMILES string of the molecule is CC(C)N(CCCO)CC(=O)Nc1ccc(Br)cc1F. The van der Waals surface area contributed by atoms with Crippen LogP contribution in [0.3, 0.4) is 0 Å². The Morgan fingerprint density at radius 1 is 1.50 bits per heavy atom. The normalized spacial score (nSPS) is 11.2. The lowest BCUT2D eigenvalue weighted by Gasteiger charge is -2.25. The van der Waals surface area contributed by atoms with Gasteiger partial charge in [-0.3, -0.25) is 9.69 Å². The van der Waals surface area contributed by atoms with Gasteiger partial charge in [0, 0.05) is 23.7 Å². The number of halogens is 2. The van der Waals surface area contributed by atoms with Gasteiger partial charge in [-0.05, 0) is 38.5 Å². The van der Waals surface area contributed by atoms with Crippen LogP contribution in [0.15, 0.2) is 22.7 Å². The van der Waals surface area contributed by atoms with Crippen molar-refractivity contribution < 1.29 is 14.3 Å². The fourth-order valence-electron chi connectivity index (χ4n) is 1.76. The Kier molecular flexibility index (Phi) is 7.12. The molecule has 2 N–H and O–H groups in total. The molecule has 112 valence electrons. The van der Waals surface area contributed by atoms with Crippen molar-refractivity contribution in [1.29, 1.82) is 0 Å². The molecule has 0 spiro atoms. The monoisotopic (exact) mass is 346 g/mol. The Bertz CT molecular complexity index is 455. The van der Waals surface area contributed by atoms with Gasteiger partial charge in [0.1, 0.15) is 5.82 Å². The maximum absolute atomic E-state index is 13.6. The average Bonchev–Trinajstić information content (AvgIpc) is 2.37. The molecular formula is C14H20BrFN2O2. The molecule has 1 rings (SSSR count). The van der Waals surface area contributed by atoms with Crippen molar-refractivity contribution in [2.75, 3.05) is 25.0 Å². The lowest BCUT2D eigenvalue weighted by atomic mass is 10.2. The molecule has 0 saturated carbocycles. The van der Waals surface area contributed by atoms with E-state index in [2.05, 4.69) is 21.2 Å². The fourth-order valence-corrected chi connectivity index (χ4v) is 2.09. The summed E-state index contributed by atoms with van der Waals surface area (Å²) >= 11 is 3.17. The maximum Gasteiger partial charge on any atom is 0.238 e. The van der Waals surface area contributed by atoms with Crippen molar-refractivity contribution in [3.63, 3.8) is 0 Å². The number of nitrogens with zero attached hydrogens (tertiary/aromatic N) is 1. The summed E-state index contributed by atoms with van der Waals surface area (Å²) in [5, 5.41) is 11.4. The lowest BCUT2D eigenvalue weighted by Crippen LogP contribution is -2.39. The van der Waals surface area contributed by atoms with Crippen molar-refractivity contribution in [2.45, 2.75) is 26.3 Å². The Labute approximate surface area is 127 Å². The number of aliphatic hydroxyl groups is 1. The Balaban J connectivity index is 2.61. The van der Waals surface area contributed by atoms with Crippen molar-refractivity contribution in [3.05, 3.63) is 28.5 Å². The zero-order valence-corrected chi connectivity index (χ0v) is 13.3. The molecule has 0 aliphatic heterocycles. The minimum atomic E-state index is -0.473. The molecule has 0 atom stereocenters. The second kappa shape index (κ2) is 8.34. The first kappa shape index (κ1) is 17.1. The molecule has 0 fully saturated rings. The third-order valence-electron chi connectivity index (χ3n) is 2.89. The summed E-state index contributed by atoms with van der Waals surface area (Å²) in [4.78, 5) is 13.9. The van der Waals surface area contributed by atoms with E-state index in [1.54, 1.807) is 6.07 Å². The van der Waals surface area contributed by atoms with Gasteiger partial charge in [0.25, 0.3) is 0 Å². The second-order valence-electron chi connectivity index (χ2n) is 4.81. The molecule has 4 nitrogen and oxygen atoms in total. The minimum absolute atomic E-state index is 0.0895. The Morgan fingerprint density at radius 2 is 2.20 bits per heavy atom. The third kappa shape index (κ3) is 5.56. The summed E-state index contributed by atoms with van der Waals surface area (Å²) in [6, 6.07) is 4.68. The molecule has 0 saturated heterocycles. The molecule has 0 aliphatic carbocycles. The third-order valence-corrected chi connectivity index (χ3v) is 3.38. The van der Waals surface area contributed by atoms with E-state index < -0.39 is 5.82 Å². The van der Waals surface area contributed by atoms with E-state index in [0.717, 1.165) is 0 Å². The maximum atomic E-state index is 13.6. The molecule has 1 aromatic rings. The zero-order chi connectivity index (χ0) is 15.1. The van der Waals surface area contributed by atoms with Crippen LogP contribution >= 0.6 is 15.9 Å². The summed E-state index contributed by atoms with van der Waals surface area (Å²) in [5.41, 5.74) is 0.170. The van der Waals surface area contributed by atoms with Crippen LogP contribution in [0, 0.1) is 5.82 Å². The highest BCUT2D eigenvalue weighted by Crippen LogP contribution is 2.19.